The van der Waals surface area contributed by atoms with E-state index < -0.39 is 0 Å². The maximum Gasteiger partial charge on any atom is 0.116 e. The van der Waals surface area contributed by atoms with Crippen molar-refractivity contribution >= 4 is 0 Å². The molecule has 1 rings (SSSR count). The fraction of sp³-hybridized carbons (Fsp3) is 1.00. The summed E-state index contributed by atoms with van der Waals surface area (Å²) >= 11 is 0. The lowest BCUT2D eigenvalue weighted by atomic mass is 10.3. The third kappa shape index (κ3) is 1.48. The van der Waals surface area contributed by atoms with E-state index in [9.17, 15) is 0 Å². The molecule has 1 fully saturated rings. The highest BCUT2D eigenvalue weighted by molar-refractivity contribution is 4.70. The van der Waals surface area contributed by atoms with Crippen LogP contribution in [0.1, 0.15) is 6.42 Å². The molecule has 10 heavy (non-hydrogen) atoms. The highest BCUT2D eigenvalue weighted by atomic mass is 15.4. The molecule has 1 heterocycles. The second kappa shape index (κ2) is 3.32. The van der Waals surface area contributed by atoms with Crippen molar-refractivity contribution in [1.29, 1.82) is 0 Å². The van der Waals surface area contributed by atoms with Crippen molar-refractivity contribution in [2.75, 3.05) is 34.2 Å². The molecule has 0 bridgehead atoms. The summed E-state index contributed by atoms with van der Waals surface area (Å²) in [6, 6.07) is 0. The summed E-state index contributed by atoms with van der Waals surface area (Å²) in [5.74, 6) is 0. The first-order valence-electron chi connectivity index (χ1n) is 3.83. The van der Waals surface area contributed by atoms with E-state index in [2.05, 4.69) is 29.2 Å². The average Bonchev–Trinajstić information content (AvgIpc) is 1.88. The summed E-state index contributed by atoms with van der Waals surface area (Å²) in [5, 5.41) is 3.26. The number of nitrogens with zero attached hydrogens (tertiary/aromatic N) is 2. The summed E-state index contributed by atoms with van der Waals surface area (Å²) in [6.45, 7) is 2.41. The van der Waals surface area contributed by atoms with Crippen LogP contribution in [0.2, 0.25) is 0 Å². The molecule has 60 valence electrons. The van der Waals surface area contributed by atoms with E-state index in [4.69, 9.17) is 0 Å². The fourth-order valence-electron chi connectivity index (χ4n) is 1.59. The Morgan fingerprint density at radius 1 is 1.20 bits per heavy atom. The summed E-state index contributed by atoms with van der Waals surface area (Å²) in [4.78, 5) is 4.65. The van der Waals surface area contributed by atoms with E-state index in [1.165, 1.54) is 19.5 Å². The van der Waals surface area contributed by atoms with Gasteiger partial charge in [-0.2, -0.15) is 0 Å². The van der Waals surface area contributed by atoms with Gasteiger partial charge >= 0.3 is 0 Å². The lowest BCUT2D eigenvalue weighted by molar-refractivity contribution is 0.0235. The molecule has 0 amide bonds. The Morgan fingerprint density at radius 3 is 2.00 bits per heavy atom. The van der Waals surface area contributed by atoms with Gasteiger partial charge < -0.3 is 0 Å². The van der Waals surface area contributed by atoms with Crippen molar-refractivity contribution in [3.63, 3.8) is 0 Å². The molecule has 0 unspecified atom stereocenters. The zero-order valence-electron chi connectivity index (χ0n) is 7.09. The average molecular weight is 143 g/mol. The highest BCUT2D eigenvalue weighted by Gasteiger charge is 2.20. The van der Waals surface area contributed by atoms with E-state index in [1.54, 1.807) is 0 Å². The predicted octanol–water partition coefficient (Wildman–Crippen LogP) is -0.243. The zero-order chi connectivity index (χ0) is 7.56. The summed E-state index contributed by atoms with van der Waals surface area (Å²) in [5.41, 5.74) is 0. The number of hydrogen-bond acceptors (Lipinski definition) is 3. The molecule has 1 aliphatic rings. The molecule has 0 saturated carbocycles. The van der Waals surface area contributed by atoms with Gasteiger partial charge in [0.1, 0.15) is 6.29 Å². The van der Waals surface area contributed by atoms with E-state index >= 15 is 0 Å². The Bertz CT molecular complexity index is 95.0. The highest BCUT2D eigenvalue weighted by Crippen LogP contribution is 2.06. The predicted molar refractivity (Wildman–Crippen MR) is 42.7 cm³/mol. The van der Waals surface area contributed by atoms with Gasteiger partial charge in [-0.05, 0) is 27.6 Å². The summed E-state index contributed by atoms with van der Waals surface area (Å²) in [6.07, 6.45) is 1.72. The van der Waals surface area contributed by atoms with Crippen LogP contribution in [-0.4, -0.2) is 50.3 Å². The zero-order valence-corrected chi connectivity index (χ0v) is 7.09. The Hall–Kier alpha value is -0.120. The minimum atomic E-state index is 0.439. The van der Waals surface area contributed by atoms with Gasteiger partial charge in [-0.1, -0.05) is 0 Å². The molecular weight excluding hydrogens is 126 g/mol. The van der Waals surface area contributed by atoms with Crippen LogP contribution in [0.25, 0.3) is 0 Å². The topological polar surface area (TPSA) is 18.5 Å². The van der Waals surface area contributed by atoms with Gasteiger partial charge in [-0.3, -0.25) is 15.1 Å². The smallest absolute Gasteiger partial charge is 0.116 e. The van der Waals surface area contributed by atoms with Gasteiger partial charge in [0, 0.05) is 13.1 Å². The molecule has 0 atom stereocenters. The normalized spacial score (nSPS) is 25.5. The van der Waals surface area contributed by atoms with E-state index in [0.717, 1.165) is 0 Å². The molecule has 1 N–H and O–H groups in total. The molecule has 1 aliphatic heterocycles. The molecule has 0 aromatic heterocycles. The van der Waals surface area contributed by atoms with Crippen LogP contribution in [-0.2, 0) is 0 Å². The quantitative estimate of drug-likeness (QED) is 0.546. The van der Waals surface area contributed by atoms with Crippen LogP contribution >= 0.6 is 0 Å². The summed E-state index contributed by atoms with van der Waals surface area (Å²) < 4.78 is 0. The van der Waals surface area contributed by atoms with Crippen LogP contribution < -0.4 is 5.32 Å². The lowest BCUT2D eigenvalue weighted by Gasteiger charge is -2.39. The molecular formula is C7H17N3. The monoisotopic (exact) mass is 143 g/mol. The van der Waals surface area contributed by atoms with Crippen molar-refractivity contribution in [3.05, 3.63) is 0 Å². The van der Waals surface area contributed by atoms with Crippen molar-refractivity contribution in [2.24, 2.45) is 0 Å². The third-order valence-electron chi connectivity index (χ3n) is 2.11. The largest absolute Gasteiger partial charge is 0.292 e. The minimum Gasteiger partial charge on any atom is -0.292 e. The van der Waals surface area contributed by atoms with E-state index in [0.29, 0.717) is 6.29 Å². The molecule has 0 spiro atoms. The molecule has 1 saturated heterocycles. The molecule has 3 heteroatoms. The lowest BCUT2D eigenvalue weighted by Crippen LogP contribution is -2.56. The maximum absolute atomic E-state index is 3.26. The van der Waals surface area contributed by atoms with Crippen molar-refractivity contribution < 1.29 is 0 Å². The first kappa shape index (κ1) is 7.98. The molecule has 0 radical (unpaired) electrons. The van der Waals surface area contributed by atoms with Gasteiger partial charge in [-0.25, -0.2) is 0 Å². The first-order valence-corrected chi connectivity index (χ1v) is 3.83. The maximum atomic E-state index is 3.26. The molecule has 3 nitrogen and oxygen atoms in total. The van der Waals surface area contributed by atoms with Gasteiger partial charge in [-0.15, -0.1) is 0 Å². The Balaban J connectivity index is 2.45. The van der Waals surface area contributed by atoms with Crippen LogP contribution in [0.15, 0.2) is 0 Å². The Kier molecular flexibility index (Phi) is 2.65. The van der Waals surface area contributed by atoms with E-state index in [1.807, 2.05) is 7.05 Å². The van der Waals surface area contributed by atoms with Crippen molar-refractivity contribution in [2.45, 2.75) is 12.7 Å². The van der Waals surface area contributed by atoms with Crippen LogP contribution in [0.5, 0.6) is 0 Å². The number of nitrogens with one attached hydrogen (secondary N) is 1. The second-order valence-corrected chi connectivity index (χ2v) is 2.98. The van der Waals surface area contributed by atoms with E-state index in [-0.39, 0.29) is 0 Å². The van der Waals surface area contributed by atoms with Crippen LogP contribution in [0, 0.1) is 0 Å². The van der Waals surface area contributed by atoms with Crippen molar-refractivity contribution in [1.82, 2.24) is 15.1 Å². The standard InChI is InChI=1S/C7H17N3/c1-8-7-9(2)5-4-6-10(7)3/h7-8H,4-6H2,1-3H3. The summed E-state index contributed by atoms with van der Waals surface area (Å²) in [7, 11) is 6.30. The van der Waals surface area contributed by atoms with Gasteiger partial charge in [0.2, 0.25) is 0 Å². The third-order valence-corrected chi connectivity index (χ3v) is 2.11. The fourth-order valence-corrected chi connectivity index (χ4v) is 1.59. The van der Waals surface area contributed by atoms with Crippen molar-refractivity contribution in [3.8, 4) is 0 Å². The van der Waals surface area contributed by atoms with Gasteiger partial charge in [0.15, 0.2) is 0 Å². The van der Waals surface area contributed by atoms with Gasteiger partial charge in [0.05, 0.1) is 0 Å². The number of hydrogen-bond donors (Lipinski definition) is 1. The SMILES string of the molecule is CNC1N(C)CCCN1C. The van der Waals surface area contributed by atoms with Gasteiger partial charge in [0.25, 0.3) is 0 Å². The second-order valence-electron chi connectivity index (χ2n) is 2.98. The Labute approximate surface area is 63.0 Å². The molecule has 0 aromatic carbocycles. The van der Waals surface area contributed by atoms with Crippen LogP contribution in [0.4, 0.5) is 0 Å². The molecule has 0 aromatic rings. The molecule has 0 aliphatic carbocycles. The number of rotatable bonds is 1. The minimum absolute atomic E-state index is 0.439. The first-order chi connectivity index (χ1) is 4.75. The Morgan fingerprint density at radius 2 is 1.70 bits per heavy atom. The van der Waals surface area contributed by atoms with Crippen LogP contribution in [0.3, 0.4) is 0 Å².